The molecule has 164 valence electrons. The summed E-state index contributed by atoms with van der Waals surface area (Å²) >= 11 is 1.44. The van der Waals surface area contributed by atoms with Crippen LogP contribution in [0.3, 0.4) is 0 Å². The van der Waals surface area contributed by atoms with E-state index in [4.69, 9.17) is 4.74 Å². The molecule has 0 bridgehead atoms. The molecule has 31 heavy (non-hydrogen) atoms. The average molecular weight is 439 g/mol. The van der Waals surface area contributed by atoms with Gasteiger partial charge in [-0.1, -0.05) is 30.0 Å². The predicted octanol–water partition coefficient (Wildman–Crippen LogP) is 4.01. The molecule has 0 spiro atoms. The maximum atomic E-state index is 12.5. The molecule has 1 atom stereocenters. The summed E-state index contributed by atoms with van der Waals surface area (Å²) in [5, 5.41) is 3.87. The van der Waals surface area contributed by atoms with Crippen molar-refractivity contribution in [2.24, 2.45) is 0 Å². The number of methoxy groups -OCH3 is 1. The van der Waals surface area contributed by atoms with Crippen LogP contribution in [0.25, 0.3) is 5.69 Å². The Kier molecular flexibility index (Phi) is 7.76. The number of ether oxygens (including phenoxy) is 1. The van der Waals surface area contributed by atoms with E-state index in [-0.39, 0.29) is 11.9 Å². The van der Waals surface area contributed by atoms with Crippen molar-refractivity contribution in [3.63, 3.8) is 0 Å². The number of nitrogens with one attached hydrogen (secondary N) is 1. The van der Waals surface area contributed by atoms with Crippen LogP contribution in [0.5, 0.6) is 5.75 Å². The number of hydrogen-bond acceptors (Lipinski definition) is 5. The second-order valence-electron chi connectivity index (χ2n) is 7.77. The third-order valence-corrected chi connectivity index (χ3v) is 6.01. The molecular formula is C24H30N4O2S. The van der Waals surface area contributed by atoms with Gasteiger partial charge in [-0.25, -0.2) is 4.98 Å². The molecule has 0 aliphatic carbocycles. The van der Waals surface area contributed by atoms with E-state index in [2.05, 4.69) is 47.2 Å². The van der Waals surface area contributed by atoms with Crippen molar-refractivity contribution in [2.75, 3.05) is 33.5 Å². The molecule has 0 radical (unpaired) electrons. The van der Waals surface area contributed by atoms with Gasteiger partial charge in [0.25, 0.3) is 0 Å². The molecule has 3 aromatic rings. The van der Waals surface area contributed by atoms with E-state index in [1.807, 2.05) is 49.1 Å². The highest BCUT2D eigenvalue weighted by Crippen LogP contribution is 2.23. The van der Waals surface area contributed by atoms with Gasteiger partial charge >= 0.3 is 0 Å². The minimum absolute atomic E-state index is 0.0136. The molecule has 0 saturated heterocycles. The minimum atomic E-state index is -0.0136. The van der Waals surface area contributed by atoms with E-state index in [0.29, 0.717) is 12.3 Å². The monoisotopic (exact) mass is 438 g/mol. The number of carbonyl (C=O) groups excluding carboxylic acids is 1. The van der Waals surface area contributed by atoms with E-state index in [0.717, 1.165) is 22.2 Å². The van der Waals surface area contributed by atoms with Crippen LogP contribution in [-0.4, -0.2) is 53.9 Å². The normalized spacial score (nSPS) is 12.1. The first-order valence-electron chi connectivity index (χ1n) is 10.2. The minimum Gasteiger partial charge on any atom is -0.497 e. The van der Waals surface area contributed by atoms with E-state index in [9.17, 15) is 4.79 Å². The summed E-state index contributed by atoms with van der Waals surface area (Å²) in [6.45, 7) is 4.69. The van der Waals surface area contributed by atoms with Crippen LogP contribution in [0.4, 0.5) is 0 Å². The van der Waals surface area contributed by atoms with Crippen LogP contribution < -0.4 is 10.1 Å². The van der Waals surface area contributed by atoms with Gasteiger partial charge < -0.3 is 15.0 Å². The first-order chi connectivity index (χ1) is 14.9. The van der Waals surface area contributed by atoms with Gasteiger partial charge in [-0.3, -0.25) is 9.36 Å². The maximum Gasteiger partial charge on any atom is 0.230 e. The van der Waals surface area contributed by atoms with Gasteiger partial charge in [0.2, 0.25) is 5.91 Å². The molecule has 1 aromatic heterocycles. The van der Waals surface area contributed by atoms with Crippen LogP contribution >= 0.6 is 11.8 Å². The number of thioether (sulfide) groups is 1. The number of hydrogen-bond donors (Lipinski definition) is 1. The number of rotatable bonds is 9. The molecule has 1 N–H and O–H groups in total. The number of aryl methyl sites for hydroxylation is 2. The molecule has 0 aliphatic heterocycles. The number of likely N-dealkylation sites (N-methyl/N-ethyl adjacent to an activating group) is 1. The Bertz CT molecular complexity index is 994. The molecule has 1 amide bonds. The van der Waals surface area contributed by atoms with Gasteiger partial charge in [-0.15, -0.1) is 0 Å². The van der Waals surface area contributed by atoms with Gasteiger partial charge in [0.05, 0.1) is 18.9 Å². The Morgan fingerprint density at radius 2 is 1.84 bits per heavy atom. The fourth-order valence-corrected chi connectivity index (χ4v) is 4.30. The third kappa shape index (κ3) is 6.12. The van der Waals surface area contributed by atoms with Gasteiger partial charge in [0, 0.05) is 24.6 Å². The van der Waals surface area contributed by atoms with E-state index in [1.54, 1.807) is 13.3 Å². The fraction of sp³-hybridized carbons (Fsp3) is 0.333. The number of aromatic nitrogens is 2. The van der Waals surface area contributed by atoms with Gasteiger partial charge in [-0.2, -0.15) is 0 Å². The van der Waals surface area contributed by atoms with Crippen LogP contribution in [0.1, 0.15) is 22.7 Å². The summed E-state index contributed by atoms with van der Waals surface area (Å²) in [7, 11) is 5.68. The van der Waals surface area contributed by atoms with Crippen LogP contribution in [0.2, 0.25) is 0 Å². The van der Waals surface area contributed by atoms with Crippen molar-refractivity contribution in [1.29, 1.82) is 0 Å². The Morgan fingerprint density at radius 3 is 2.45 bits per heavy atom. The first-order valence-corrected chi connectivity index (χ1v) is 11.2. The van der Waals surface area contributed by atoms with Crippen molar-refractivity contribution in [2.45, 2.75) is 25.0 Å². The maximum absolute atomic E-state index is 12.5. The molecule has 0 fully saturated rings. The molecule has 0 saturated carbocycles. The SMILES string of the molecule is COc1ccc(C(CNC(=O)CSc2nccn2-c2cc(C)cc(C)c2)N(C)C)cc1. The van der Waals surface area contributed by atoms with Crippen LogP contribution in [0, 0.1) is 13.8 Å². The van der Waals surface area contributed by atoms with E-state index < -0.39 is 0 Å². The van der Waals surface area contributed by atoms with Crippen molar-refractivity contribution in [1.82, 2.24) is 19.8 Å². The topological polar surface area (TPSA) is 59.4 Å². The Hall–Kier alpha value is -2.77. The smallest absolute Gasteiger partial charge is 0.230 e. The summed E-state index contributed by atoms with van der Waals surface area (Å²) in [6.07, 6.45) is 3.70. The number of carbonyl (C=O) groups is 1. The zero-order valence-corrected chi connectivity index (χ0v) is 19.6. The standard InChI is InChI=1S/C24H30N4O2S/c1-17-12-18(2)14-20(13-17)28-11-10-25-24(28)31-16-23(29)26-15-22(27(3)4)19-6-8-21(30-5)9-7-19/h6-14,22H,15-16H2,1-5H3,(H,26,29). The second-order valence-corrected chi connectivity index (χ2v) is 8.71. The van der Waals surface area contributed by atoms with Crippen LogP contribution in [0.15, 0.2) is 60.0 Å². The molecule has 3 rings (SSSR count). The van der Waals surface area contributed by atoms with Crippen molar-refractivity contribution < 1.29 is 9.53 Å². The van der Waals surface area contributed by atoms with Crippen LogP contribution in [-0.2, 0) is 4.79 Å². The molecule has 0 aliphatic rings. The molecule has 1 heterocycles. The largest absolute Gasteiger partial charge is 0.497 e. The Balaban J connectivity index is 1.59. The van der Waals surface area contributed by atoms with Gasteiger partial charge in [0.1, 0.15) is 5.75 Å². The van der Waals surface area contributed by atoms with E-state index in [1.165, 1.54) is 22.9 Å². The summed E-state index contributed by atoms with van der Waals surface area (Å²) in [4.78, 5) is 19.1. The van der Waals surface area contributed by atoms with Crippen molar-refractivity contribution in [3.05, 3.63) is 71.5 Å². The zero-order valence-electron chi connectivity index (χ0n) is 18.8. The molecule has 7 heteroatoms. The van der Waals surface area contributed by atoms with Gasteiger partial charge in [-0.05, 0) is 68.9 Å². The number of amides is 1. The van der Waals surface area contributed by atoms with Gasteiger partial charge in [0.15, 0.2) is 5.16 Å². The lowest BCUT2D eigenvalue weighted by Gasteiger charge is -2.25. The lowest BCUT2D eigenvalue weighted by Crippen LogP contribution is -2.35. The highest BCUT2D eigenvalue weighted by molar-refractivity contribution is 7.99. The lowest BCUT2D eigenvalue weighted by molar-refractivity contribution is -0.118. The van der Waals surface area contributed by atoms with Crippen molar-refractivity contribution in [3.8, 4) is 11.4 Å². The molecule has 2 aromatic carbocycles. The lowest BCUT2D eigenvalue weighted by atomic mass is 10.1. The Morgan fingerprint density at radius 1 is 1.16 bits per heavy atom. The number of imidazole rings is 1. The average Bonchev–Trinajstić information content (AvgIpc) is 3.20. The molecular weight excluding hydrogens is 408 g/mol. The quantitative estimate of drug-likeness (QED) is 0.512. The summed E-state index contributed by atoms with van der Waals surface area (Å²) in [5.41, 5.74) is 4.59. The molecule has 6 nitrogen and oxygen atoms in total. The second kappa shape index (κ2) is 10.5. The van der Waals surface area contributed by atoms with Crippen molar-refractivity contribution >= 4 is 17.7 Å². The van der Waals surface area contributed by atoms with E-state index >= 15 is 0 Å². The fourth-order valence-electron chi connectivity index (χ4n) is 3.50. The molecule has 1 unspecified atom stereocenters. The number of benzene rings is 2. The highest BCUT2D eigenvalue weighted by Gasteiger charge is 2.16. The summed E-state index contributed by atoms with van der Waals surface area (Å²) in [6, 6.07) is 14.4. The summed E-state index contributed by atoms with van der Waals surface area (Å²) in [5.74, 6) is 1.12. The third-order valence-electron chi connectivity index (χ3n) is 5.04. The number of nitrogens with zero attached hydrogens (tertiary/aromatic N) is 3. The Labute approximate surface area is 188 Å². The zero-order chi connectivity index (χ0) is 22.4. The summed E-state index contributed by atoms with van der Waals surface area (Å²) < 4.78 is 7.26. The first kappa shape index (κ1) is 22.9. The predicted molar refractivity (Wildman–Crippen MR) is 126 cm³/mol. The highest BCUT2D eigenvalue weighted by atomic mass is 32.2.